The second-order valence-corrected chi connectivity index (χ2v) is 8.63. The predicted molar refractivity (Wildman–Crippen MR) is 102 cm³/mol. The van der Waals surface area contributed by atoms with E-state index in [4.69, 9.17) is 0 Å². The number of nitrogens with one attached hydrogen (secondary N) is 1. The quantitative estimate of drug-likeness (QED) is 0.905. The summed E-state index contributed by atoms with van der Waals surface area (Å²) in [6.45, 7) is 6.95. The van der Waals surface area contributed by atoms with Crippen LogP contribution < -0.4 is 5.56 Å². The Hall–Kier alpha value is -1.62. The van der Waals surface area contributed by atoms with Crippen molar-refractivity contribution in [3.8, 4) is 0 Å². The Morgan fingerprint density at radius 1 is 1.23 bits per heavy atom. The third-order valence-corrected chi connectivity index (χ3v) is 6.65. The zero-order chi connectivity index (χ0) is 18.3. The van der Waals surface area contributed by atoms with Crippen molar-refractivity contribution in [2.24, 2.45) is 11.8 Å². The van der Waals surface area contributed by atoms with Crippen LogP contribution in [0, 0.1) is 18.8 Å². The molecule has 0 spiro atoms. The van der Waals surface area contributed by atoms with Crippen molar-refractivity contribution < 1.29 is 4.79 Å². The van der Waals surface area contributed by atoms with Crippen LogP contribution in [0.4, 0.5) is 0 Å². The summed E-state index contributed by atoms with van der Waals surface area (Å²) >= 11 is 0. The number of nitrogens with zero attached hydrogens (tertiary/aromatic N) is 2. The van der Waals surface area contributed by atoms with Gasteiger partial charge in [0.05, 0.1) is 0 Å². The van der Waals surface area contributed by atoms with Crippen LogP contribution >= 0.6 is 0 Å². The Labute approximate surface area is 155 Å². The molecule has 3 fully saturated rings. The summed E-state index contributed by atoms with van der Waals surface area (Å²) < 4.78 is 0. The van der Waals surface area contributed by atoms with Gasteiger partial charge in [0.2, 0.25) is 5.56 Å². The van der Waals surface area contributed by atoms with E-state index in [1.807, 2.05) is 11.8 Å². The molecule has 142 valence electrons. The number of aryl methyl sites for hydroxylation is 1. The number of likely N-dealkylation sites (tertiary alicyclic amines) is 1. The summed E-state index contributed by atoms with van der Waals surface area (Å²) in [5.74, 6) is 1.20. The van der Waals surface area contributed by atoms with E-state index in [1.54, 1.807) is 6.07 Å². The number of piperidine rings is 3. The van der Waals surface area contributed by atoms with Gasteiger partial charge in [0.1, 0.15) is 0 Å². The maximum absolute atomic E-state index is 13.0. The Bertz CT molecular complexity index is 726. The van der Waals surface area contributed by atoms with Crippen molar-refractivity contribution in [2.45, 2.75) is 64.5 Å². The first kappa shape index (κ1) is 17.8. The normalized spacial score (nSPS) is 31.5. The van der Waals surface area contributed by atoms with Gasteiger partial charge in [-0.3, -0.25) is 14.5 Å². The highest BCUT2D eigenvalue weighted by molar-refractivity contribution is 5.94. The van der Waals surface area contributed by atoms with E-state index in [0.29, 0.717) is 23.4 Å². The highest BCUT2D eigenvalue weighted by Crippen LogP contribution is 2.40. The summed E-state index contributed by atoms with van der Waals surface area (Å²) in [5.41, 5.74) is 1.10. The van der Waals surface area contributed by atoms with Gasteiger partial charge >= 0.3 is 0 Å². The monoisotopic (exact) mass is 357 g/mol. The molecule has 4 rings (SSSR count). The Kier molecular flexibility index (Phi) is 4.91. The van der Waals surface area contributed by atoms with Crippen LogP contribution in [0.1, 0.15) is 61.5 Å². The van der Waals surface area contributed by atoms with Gasteiger partial charge in [-0.1, -0.05) is 19.8 Å². The molecule has 5 nitrogen and oxygen atoms in total. The smallest absolute Gasteiger partial charge is 0.254 e. The summed E-state index contributed by atoms with van der Waals surface area (Å²) in [6, 6.07) is 4.65. The van der Waals surface area contributed by atoms with Crippen LogP contribution in [0.5, 0.6) is 0 Å². The fourth-order valence-corrected chi connectivity index (χ4v) is 5.71. The summed E-state index contributed by atoms with van der Waals surface area (Å²) in [5, 5.41) is 0. The third kappa shape index (κ3) is 3.34. The van der Waals surface area contributed by atoms with Crippen LogP contribution in [0.3, 0.4) is 0 Å². The highest BCUT2D eigenvalue weighted by atomic mass is 16.2. The molecule has 3 aliphatic rings. The number of pyridine rings is 1. The molecule has 0 radical (unpaired) electrons. The minimum Gasteiger partial charge on any atom is -0.338 e. The first-order valence-corrected chi connectivity index (χ1v) is 10.3. The van der Waals surface area contributed by atoms with E-state index < -0.39 is 0 Å². The number of carbonyl (C=O) groups excluding carboxylic acids is 1. The van der Waals surface area contributed by atoms with Crippen molar-refractivity contribution in [3.05, 3.63) is 33.7 Å². The van der Waals surface area contributed by atoms with E-state index in [0.717, 1.165) is 31.4 Å². The molecule has 0 saturated carbocycles. The number of aromatic nitrogens is 1. The summed E-state index contributed by atoms with van der Waals surface area (Å²) in [7, 11) is 0. The number of carbonyl (C=O) groups is 1. The largest absolute Gasteiger partial charge is 0.338 e. The van der Waals surface area contributed by atoms with E-state index in [1.165, 1.54) is 44.6 Å². The first-order chi connectivity index (χ1) is 12.5. The number of H-pyrrole nitrogens is 1. The van der Waals surface area contributed by atoms with E-state index in [-0.39, 0.29) is 11.5 Å². The first-order valence-electron chi connectivity index (χ1n) is 10.3. The molecule has 0 aromatic carbocycles. The zero-order valence-electron chi connectivity index (χ0n) is 16.0. The minimum absolute atomic E-state index is 0.0308. The molecule has 3 aliphatic heterocycles. The van der Waals surface area contributed by atoms with E-state index >= 15 is 0 Å². The van der Waals surface area contributed by atoms with Crippen LogP contribution in [0.25, 0.3) is 0 Å². The summed E-state index contributed by atoms with van der Waals surface area (Å²) in [6.07, 6.45) is 7.79. The molecule has 2 bridgehead atoms. The second-order valence-electron chi connectivity index (χ2n) is 8.63. The zero-order valence-corrected chi connectivity index (χ0v) is 16.0. The molecule has 4 heterocycles. The maximum atomic E-state index is 13.0. The van der Waals surface area contributed by atoms with Gasteiger partial charge < -0.3 is 9.88 Å². The average Bonchev–Trinajstić information content (AvgIpc) is 2.61. The molecule has 1 amide bonds. The lowest BCUT2D eigenvalue weighted by Crippen LogP contribution is -2.62. The molecular weight excluding hydrogens is 326 g/mol. The third-order valence-electron chi connectivity index (χ3n) is 6.65. The van der Waals surface area contributed by atoms with Gasteiger partial charge in [0.15, 0.2) is 0 Å². The van der Waals surface area contributed by atoms with Crippen LogP contribution in [-0.4, -0.2) is 52.4 Å². The molecule has 1 N–H and O–H groups in total. The molecule has 3 saturated heterocycles. The molecule has 4 atom stereocenters. The maximum Gasteiger partial charge on any atom is 0.254 e. The topological polar surface area (TPSA) is 56.4 Å². The van der Waals surface area contributed by atoms with E-state index in [9.17, 15) is 9.59 Å². The Morgan fingerprint density at radius 2 is 2.08 bits per heavy atom. The molecule has 0 aliphatic carbocycles. The highest BCUT2D eigenvalue weighted by Gasteiger charge is 2.45. The summed E-state index contributed by atoms with van der Waals surface area (Å²) in [4.78, 5) is 32.3. The number of hydrogen-bond acceptors (Lipinski definition) is 3. The van der Waals surface area contributed by atoms with Gasteiger partial charge in [-0.05, 0) is 50.5 Å². The number of amides is 1. The Morgan fingerprint density at radius 3 is 2.85 bits per heavy atom. The van der Waals surface area contributed by atoms with Crippen molar-refractivity contribution in [1.82, 2.24) is 14.8 Å². The lowest BCUT2D eigenvalue weighted by molar-refractivity contribution is -0.0519. The molecule has 5 heteroatoms. The molecule has 0 unspecified atom stereocenters. The molecule has 26 heavy (non-hydrogen) atoms. The lowest BCUT2D eigenvalue weighted by atomic mass is 9.74. The van der Waals surface area contributed by atoms with Crippen molar-refractivity contribution >= 4 is 5.91 Å². The fourth-order valence-electron chi connectivity index (χ4n) is 5.71. The van der Waals surface area contributed by atoms with Crippen molar-refractivity contribution in [1.29, 1.82) is 0 Å². The molecule has 1 aromatic heterocycles. The molecule has 1 aromatic rings. The van der Waals surface area contributed by atoms with Crippen molar-refractivity contribution in [3.63, 3.8) is 0 Å². The minimum atomic E-state index is -0.189. The molecular formula is C21H31N3O2. The van der Waals surface area contributed by atoms with Gasteiger partial charge in [-0.25, -0.2) is 0 Å². The van der Waals surface area contributed by atoms with Crippen molar-refractivity contribution in [2.75, 3.05) is 19.6 Å². The van der Waals surface area contributed by atoms with Gasteiger partial charge in [0.25, 0.3) is 5.91 Å². The van der Waals surface area contributed by atoms with Gasteiger partial charge in [0, 0.05) is 49.0 Å². The van der Waals surface area contributed by atoms with Crippen LogP contribution in [-0.2, 0) is 0 Å². The van der Waals surface area contributed by atoms with Gasteiger partial charge in [-0.2, -0.15) is 0 Å². The number of fused-ring (bicyclic) bond motifs is 4. The van der Waals surface area contributed by atoms with Gasteiger partial charge in [-0.15, -0.1) is 0 Å². The Balaban J connectivity index is 1.52. The van der Waals surface area contributed by atoms with Crippen LogP contribution in [0.2, 0.25) is 0 Å². The fraction of sp³-hybridized carbons (Fsp3) is 0.714. The number of rotatable bonds is 3. The second kappa shape index (κ2) is 7.18. The number of hydrogen-bond donors (Lipinski definition) is 1. The average molecular weight is 357 g/mol. The standard InChI is InChI=1S/C21H31N3O2/c1-3-5-18-6-4-7-19-17-9-15(12-24(18)19)11-23(13-17)21(26)16-8-14(2)22-20(25)10-16/h8,10,15,17-19H,3-7,9,11-13H2,1-2H3,(H,22,25)/t15-,17+,18-,19-/m0/s1. The number of aromatic amines is 1. The lowest BCUT2D eigenvalue weighted by Gasteiger charge is -2.55. The van der Waals surface area contributed by atoms with E-state index in [2.05, 4.69) is 16.8 Å². The SMILES string of the molecule is CCC[C@H]1CCC[C@H]2[C@@H]3C[C@@H](CN(C(=O)c4cc(C)[nH]c(=O)c4)C3)CN12. The predicted octanol–water partition coefficient (Wildman–Crippen LogP) is 2.80. The van der Waals surface area contributed by atoms with Crippen LogP contribution in [0.15, 0.2) is 16.9 Å².